The van der Waals surface area contributed by atoms with Crippen LogP contribution < -0.4 is 0 Å². The van der Waals surface area contributed by atoms with Crippen LogP contribution in [0.2, 0.25) is 0 Å². The van der Waals surface area contributed by atoms with Crippen molar-refractivity contribution < 1.29 is 51.6 Å². The number of hydrogen-bond acceptors (Lipinski definition) is 9. The number of nitrogens with zero attached hydrogens (tertiary/aromatic N) is 1. The number of hydrogen-bond donors (Lipinski definition) is 2. The molecule has 0 saturated carbocycles. The Morgan fingerprint density at radius 1 is 0.710 bits per heavy atom. The molecular weight excluding hydrogens is 806 g/mol. The monoisotopic (exact) mass is 889 g/mol. The van der Waals surface area contributed by atoms with E-state index in [1.807, 2.05) is 69.8 Å². The van der Waals surface area contributed by atoms with Gasteiger partial charge in [-0.2, -0.15) is 0 Å². The van der Waals surface area contributed by atoms with E-state index in [0.717, 1.165) is 88.6 Å². The zero-order chi connectivity index (χ0) is 45.9. The molecule has 3 atom stereocenters. The van der Waals surface area contributed by atoms with Gasteiger partial charge in [-0.05, 0) is 82.8 Å². The normalized spacial score (nSPS) is 14.7. The Morgan fingerprint density at radius 2 is 1.31 bits per heavy atom. The second-order valence-corrected chi connectivity index (χ2v) is 18.3. The number of unbranched alkanes of at least 4 members (excludes halogenated alkanes) is 7. The van der Waals surface area contributed by atoms with E-state index in [1.165, 1.54) is 24.0 Å². The highest BCUT2D eigenvalue weighted by Crippen LogP contribution is 2.43. The second-order valence-electron chi connectivity index (χ2n) is 16.8. The molecule has 0 spiro atoms. The third kappa shape index (κ3) is 31.5. The Kier molecular flexibility index (Phi) is 32.1. The molecule has 0 aromatic carbocycles. The van der Waals surface area contributed by atoms with E-state index in [9.17, 15) is 24.2 Å². The van der Waals surface area contributed by atoms with E-state index in [1.54, 1.807) is 6.08 Å². The Bertz CT molecular complexity index is 1580. The zero-order valence-electron chi connectivity index (χ0n) is 39.4. The fourth-order valence-corrected chi connectivity index (χ4v) is 6.91. The Hall–Kier alpha value is -3.31. The van der Waals surface area contributed by atoms with Crippen LogP contribution in [0, 0.1) is 13.8 Å². The number of carbonyl (C=O) groups excluding carboxylic acids is 2. The van der Waals surface area contributed by atoms with Crippen molar-refractivity contribution in [1.29, 1.82) is 0 Å². The van der Waals surface area contributed by atoms with Gasteiger partial charge in [0.1, 0.15) is 31.3 Å². The molecule has 0 bridgehead atoms. The molecule has 62 heavy (non-hydrogen) atoms. The number of aliphatic hydroxyl groups excluding tert-OH is 1. The molecule has 12 heteroatoms. The van der Waals surface area contributed by atoms with Gasteiger partial charge in [0.2, 0.25) is 0 Å². The summed E-state index contributed by atoms with van der Waals surface area (Å²) in [5.74, 6) is 1.32. The van der Waals surface area contributed by atoms with Crippen LogP contribution in [0.5, 0.6) is 0 Å². The number of phosphoric ester groups is 1. The number of aliphatic hydroxyl groups is 1. The van der Waals surface area contributed by atoms with E-state index >= 15 is 0 Å². The number of carbonyl (C=O) groups is 2. The molecule has 1 heterocycles. The number of furan rings is 1. The van der Waals surface area contributed by atoms with E-state index in [0.29, 0.717) is 30.3 Å². The minimum atomic E-state index is -4.42. The lowest BCUT2D eigenvalue weighted by molar-refractivity contribution is -0.870. The van der Waals surface area contributed by atoms with Crippen molar-refractivity contribution in [2.75, 3.05) is 47.5 Å². The first-order chi connectivity index (χ1) is 29.7. The molecule has 0 radical (unpaired) electrons. The number of quaternary nitrogens is 1. The summed E-state index contributed by atoms with van der Waals surface area (Å²) in [6.45, 7) is 8.33. The molecule has 2 unspecified atom stereocenters. The molecule has 0 saturated heterocycles. The number of phosphoric acid groups is 1. The summed E-state index contributed by atoms with van der Waals surface area (Å²) < 4.78 is 40.4. The first kappa shape index (κ1) is 56.7. The molecule has 0 aliphatic rings. The van der Waals surface area contributed by atoms with E-state index in [2.05, 4.69) is 45.9 Å². The van der Waals surface area contributed by atoms with Crippen LogP contribution in [0.15, 0.2) is 77.3 Å². The Balaban J connectivity index is 2.41. The summed E-state index contributed by atoms with van der Waals surface area (Å²) in [6.07, 6.45) is 38.4. The highest BCUT2D eigenvalue weighted by molar-refractivity contribution is 7.47. The topological polar surface area (TPSA) is 142 Å². The minimum absolute atomic E-state index is 0.00111. The number of ether oxygens (including phenoxy) is 2. The third-order valence-corrected chi connectivity index (χ3v) is 11.0. The van der Waals surface area contributed by atoms with Gasteiger partial charge < -0.3 is 28.4 Å². The minimum Gasteiger partial charge on any atom is -0.466 e. The van der Waals surface area contributed by atoms with Crippen molar-refractivity contribution in [2.24, 2.45) is 0 Å². The quantitative estimate of drug-likeness (QED) is 0.0166. The first-order valence-corrected chi connectivity index (χ1v) is 24.6. The average Bonchev–Trinajstić information content (AvgIpc) is 3.48. The molecule has 1 rings (SSSR count). The number of aryl methyl sites for hydroxylation is 2. The molecule has 0 amide bonds. The molecule has 1 aromatic heterocycles. The van der Waals surface area contributed by atoms with Gasteiger partial charge in [-0.15, -0.1) is 0 Å². The SMILES string of the molecule is CC/C=C\C/C=C\CC(O)/C=C/C=C\C/C=C\C/C=C\CCC(=O)OC[C@H](COP(=O)(O)OCC[N+](C)(C)C)OC(=O)CCCCCCCCCCc1oc(CCC)c(C)c1C. The second kappa shape index (κ2) is 35.1. The van der Waals surface area contributed by atoms with Crippen LogP contribution in [0.3, 0.4) is 0 Å². The van der Waals surface area contributed by atoms with E-state index in [-0.39, 0.29) is 26.1 Å². The maximum Gasteiger partial charge on any atom is 0.472 e. The lowest BCUT2D eigenvalue weighted by Gasteiger charge is -2.24. The van der Waals surface area contributed by atoms with Crippen molar-refractivity contribution in [3.63, 3.8) is 0 Å². The van der Waals surface area contributed by atoms with Gasteiger partial charge >= 0.3 is 19.8 Å². The van der Waals surface area contributed by atoms with Gasteiger partial charge in [-0.25, -0.2) is 4.57 Å². The van der Waals surface area contributed by atoms with Crippen molar-refractivity contribution in [1.82, 2.24) is 0 Å². The molecule has 2 N–H and O–H groups in total. The predicted molar refractivity (Wildman–Crippen MR) is 252 cm³/mol. The molecule has 0 aliphatic heterocycles. The maximum atomic E-state index is 12.8. The van der Waals surface area contributed by atoms with Gasteiger partial charge in [0.25, 0.3) is 0 Å². The zero-order valence-corrected chi connectivity index (χ0v) is 40.3. The summed E-state index contributed by atoms with van der Waals surface area (Å²) in [5.41, 5.74) is 2.61. The highest BCUT2D eigenvalue weighted by Gasteiger charge is 2.27. The lowest BCUT2D eigenvalue weighted by atomic mass is 10.0. The largest absolute Gasteiger partial charge is 0.472 e. The third-order valence-electron chi connectivity index (χ3n) is 10.0. The van der Waals surface area contributed by atoms with Crippen molar-refractivity contribution in [3.05, 3.63) is 95.6 Å². The number of rotatable bonds is 37. The van der Waals surface area contributed by atoms with Gasteiger partial charge in [-0.1, -0.05) is 125 Å². The van der Waals surface area contributed by atoms with Gasteiger partial charge in [0.15, 0.2) is 6.10 Å². The van der Waals surface area contributed by atoms with E-state index in [4.69, 9.17) is 22.9 Å². The van der Waals surface area contributed by atoms with Crippen LogP contribution in [-0.4, -0.2) is 86.1 Å². The van der Waals surface area contributed by atoms with Crippen LogP contribution in [0.25, 0.3) is 0 Å². The summed E-state index contributed by atoms with van der Waals surface area (Å²) in [5, 5.41) is 10.0. The van der Waals surface area contributed by atoms with Crippen LogP contribution in [0.1, 0.15) is 146 Å². The summed E-state index contributed by atoms with van der Waals surface area (Å²) >= 11 is 0. The van der Waals surface area contributed by atoms with Gasteiger partial charge in [-0.3, -0.25) is 18.6 Å². The van der Waals surface area contributed by atoms with Gasteiger partial charge in [0.05, 0.1) is 33.9 Å². The molecular formula is C50H83NO10P+. The van der Waals surface area contributed by atoms with Gasteiger partial charge in [0, 0.05) is 25.7 Å². The standard InChI is InChI=1S/C50H82NO10P/c1-8-10-11-12-23-28-34-45(52)35-29-24-19-15-13-14-16-21-26-31-37-49(53)57-41-46(42-59-62(55,56)58-40-39-51(5,6)7)60-50(54)38-32-27-22-18-17-20-25-30-36-48-44(4)43(3)47(61-48)33-9-2/h10-11,13-14,19,21,23-24,26,28-29,35,45-46,52H,8-9,12,15-18,20,22,25,27,30-34,36-42H2,1-7H3/p+1/b11-10-,14-13-,24-19-,26-21-,28-23-,35-29+/t45?,46-/m1/s1. The average molecular weight is 889 g/mol. The first-order valence-electron chi connectivity index (χ1n) is 23.1. The van der Waals surface area contributed by atoms with Crippen LogP contribution >= 0.6 is 7.82 Å². The van der Waals surface area contributed by atoms with Crippen molar-refractivity contribution in [3.8, 4) is 0 Å². The summed E-state index contributed by atoms with van der Waals surface area (Å²) in [6, 6.07) is 0. The highest BCUT2D eigenvalue weighted by atomic mass is 31.2. The lowest BCUT2D eigenvalue weighted by Crippen LogP contribution is -2.37. The number of allylic oxidation sites excluding steroid dienone is 10. The molecule has 0 aliphatic carbocycles. The number of likely N-dealkylation sites (N-methyl/N-ethyl adjacent to an activating group) is 1. The molecule has 11 nitrogen and oxygen atoms in total. The summed E-state index contributed by atoms with van der Waals surface area (Å²) in [4.78, 5) is 35.5. The molecule has 352 valence electrons. The fourth-order valence-electron chi connectivity index (χ4n) is 6.17. The molecule has 1 aromatic rings. The number of esters is 2. The molecule has 0 fully saturated rings. The van der Waals surface area contributed by atoms with Crippen LogP contribution in [-0.2, 0) is 45.5 Å². The van der Waals surface area contributed by atoms with Crippen molar-refractivity contribution >= 4 is 19.8 Å². The fraction of sp³-hybridized carbons (Fsp3) is 0.640. The Morgan fingerprint density at radius 3 is 1.97 bits per heavy atom. The van der Waals surface area contributed by atoms with E-state index < -0.39 is 38.6 Å². The Labute approximate surface area is 375 Å². The van der Waals surface area contributed by atoms with Crippen LogP contribution in [0.4, 0.5) is 0 Å². The predicted octanol–water partition coefficient (Wildman–Crippen LogP) is 11.6. The maximum absolute atomic E-state index is 12.8. The smallest absolute Gasteiger partial charge is 0.466 e. The summed E-state index contributed by atoms with van der Waals surface area (Å²) in [7, 11) is 1.37. The van der Waals surface area contributed by atoms with Crippen molar-refractivity contribution in [2.45, 2.75) is 162 Å².